The first-order valence-corrected chi connectivity index (χ1v) is 5.77. The van der Waals surface area contributed by atoms with Crippen molar-refractivity contribution in [3.05, 3.63) is 0 Å². The Morgan fingerprint density at radius 2 is 2.31 bits per heavy atom. The fourth-order valence-corrected chi connectivity index (χ4v) is 2.02. The zero-order valence-electron chi connectivity index (χ0n) is 10.4. The van der Waals surface area contributed by atoms with Crippen LogP contribution in [0.1, 0.15) is 13.3 Å². The number of rotatable bonds is 6. The third-order valence-electron chi connectivity index (χ3n) is 2.94. The molecule has 0 aromatic carbocycles. The summed E-state index contributed by atoms with van der Waals surface area (Å²) in [4.78, 5) is 13.7. The average molecular weight is 230 g/mol. The normalized spacial score (nSPS) is 23.3. The number of ether oxygens (including phenoxy) is 2. The van der Waals surface area contributed by atoms with Crippen molar-refractivity contribution in [1.29, 1.82) is 0 Å². The van der Waals surface area contributed by atoms with Gasteiger partial charge >= 0.3 is 5.97 Å². The van der Waals surface area contributed by atoms with Gasteiger partial charge in [-0.1, -0.05) is 6.92 Å². The van der Waals surface area contributed by atoms with Crippen molar-refractivity contribution in [1.82, 2.24) is 10.2 Å². The Bertz CT molecular complexity index is 223. The number of likely N-dealkylation sites (tertiary alicyclic amines) is 1. The molecular weight excluding hydrogens is 208 g/mol. The van der Waals surface area contributed by atoms with Gasteiger partial charge in [0, 0.05) is 26.7 Å². The Balaban J connectivity index is 2.40. The van der Waals surface area contributed by atoms with Gasteiger partial charge in [-0.25, -0.2) is 0 Å². The fraction of sp³-hybridized carbons (Fsp3) is 0.909. The Morgan fingerprint density at radius 3 is 2.81 bits per heavy atom. The summed E-state index contributed by atoms with van der Waals surface area (Å²) in [6.45, 7) is 5.33. The number of likely N-dealkylation sites (N-methyl/N-ethyl adjacent to an activating group) is 1. The molecule has 5 heteroatoms. The molecule has 1 N–H and O–H groups in total. The van der Waals surface area contributed by atoms with Crippen molar-refractivity contribution in [2.75, 3.05) is 40.4 Å². The molecule has 5 nitrogen and oxygen atoms in total. The highest BCUT2D eigenvalue weighted by atomic mass is 16.5. The summed E-state index contributed by atoms with van der Waals surface area (Å²) in [7, 11) is 3.16. The van der Waals surface area contributed by atoms with Crippen LogP contribution in [0.2, 0.25) is 0 Å². The van der Waals surface area contributed by atoms with Crippen LogP contribution in [0.3, 0.4) is 0 Å². The molecule has 94 valence electrons. The van der Waals surface area contributed by atoms with Crippen LogP contribution >= 0.6 is 0 Å². The van der Waals surface area contributed by atoms with Gasteiger partial charge in [0.25, 0.3) is 0 Å². The predicted molar refractivity (Wildman–Crippen MR) is 61.3 cm³/mol. The first-order chi connectivity index (χ1) is 7.71. The smallest absolute Gasteiger partial charge is 0.324 e. The minimum absolute atomic E-state index is 0.192. The van der Waals surface area contributed by atoms with E-state index in [-0.39, 0.29) is 12.0 Å². The maximum Gasteiger partial charge on any atom is 0.324 e. The van der Waals surface area contributed by atoms with Crippen LogP contribution in [-0.4, -0.2) is 63.4 Å². The topological polar surface area (TPSA) is 50.8 Å². The Hall–Kier alpha value is -0.650. The molecule has 1 heterocycles. The predicted octanol–water partition coefficient (Wildman–Crippen LogP) is -0.142. The van der Waals surface area contributed by atoms with Gasteiger partial charge < -0.3 is 14.8 Å². The third-order valence-corrected chi connectivity index (χ3v) is 2.94. The maximum absolute atomic E-state index is 11.5. The molecule has 1 rings (SSSR count). The van der Waals surface area contributed by atoms with Crippen LogP contribution in [0, 0.1) is 0 Å². The van der Waals surface area contributed by atoms with Gasteiger partial charge in [0.15, 0.2) is 0 Å². The summed E-state index contributed by atoms with van der Waals surface area (Å²) in [6, 6.07) is -0.231. The van der Waals surface area contributed by atoms with Crippen molar-refractivity contribution in [2.24, 2.45) is 0 Å². The van der Waals surface area contributed by atoms with Crippen LogP contribution in [0.4, 0.5) is 0 Å². The minimum Gasteiger partial charge on any atom is -0.468 e. The van der Waals surface area contributed by atoms with Crippen molar-refractivity contribution in [3.8, 4) is 0 Å². The fourth-order valence-electron chi connectivity index (χ4n) is 2.02. The number of methoxy groups -OCH3 is 2. The van der Waals surface area contributed by atoms with Gasteiger partial charge in [-0.2, -0.15) is 0 Å². The van der Waals surface area contributed by atoms with Crippen molar-refractivity contribution >= 4 is 5.97 Å². The monoisotopic (exact) mass is 230 g/mol. The molecule has 0 amide bonds. The van der Waals surface area contributed by atoms with E-state index in [0.29, 0.717) is 12.6 Å². The van der Waals surface area contributed by atoms with Crippen LogP contribution in [0.25, 0.3) is 0 Å². The molecule has 2 unspecified atom stereocenters. The van der Waals surface area contributed by atoms with Crippen molar-refractivity contribution < 1.29 is 14.3 Å². The summed E-state index contributed by atoms with van der Waals surface area (Å²) >= 11 is 0. The van der Waals surface area contributed by atoms with Gasteiger partial charge in [-0.3, -0.25) is 9.69 Å². The number of carbonyl (C=O) groups excluding carboxylic acids is 1. The van der Waals surface area contributed by atoms with Gasteiger partial charge in [-0.05, 0) is 13.0 Å². The van der Waals surface area contributed by atoms with Crippen LogP contribution < -0.4 is 5.32 Å². The highest BCUT2D eigenvalue weighted by Crippen LogP contribution is 2.12. The van der Waals surface area contributed by atoms with Crippen LogP contribution in [-0.2, 0) is 14.3 Å². The van der Waals surface area contributed by atoms with E-state index in [9.17, 15) is 4.79 Å². The molecule has 1 aliphatic rings. The molecule has 0 bridgehead atoms. The average Bonchev–Trinajstić information content (AvgIpc) is 2.75. The highest BCUT2D eigenvalue weighted by Gasteiger charge is 2.27. The van der Waals surface area contributed by atoms with Crippen LogP contribution in [0.15, 0.2) is 0 Å². The van der Waals surface area contributed by atoms with E-state index in [1.165, 1.54) is 7.11 Å². The molecule has 1 fully saturated rings. The lowest BCUT2D eigenvalue weighted by molar-refractivity contribution is -0.143. The second-order valence-corrected chi connectivity index (χ2v) is 4.04. The second kappa shape index (κ2) is 6.83. The Kier molecular flexibility index (Phi) is 5.73. The molecule has 0 aromatic heterocycles. The van der Waals surface area contributed by atoms with Crippen molar-refractivity contribution in [3.63, 3.8) is 0 Å². The van der Waals surface area contributed by atoms with E-state index in [1.807, 2.05) is 6.92 Å². The molecule has 1 aliphatic heterocycles. The van der Waals surface area contributed by atoms with Crippen LogP contribution in [0.5, 0.6) is 0 Å². The summed E-state index contributed by atoms with van der Waals surface area (Å²) in [5.74, 6) is -0.192. The van der Waals surface area contributed by atoms with E-state index in [2.05, 4.69) is 10.2 Å². The van der Waals surface area contributed by atoms with E-state index in [1.54, 1.807) is 7.11 Å². The number of nitrogens with one attached hydrogen (secondary N) is 1. The number of carbonyl (C=O) groups is 1. The summed E-state index contributed by atoms with van der Waals surface area (Å²) in [6.07, 6.45) is 1.34. The summed E-state index contributed by atoms with van der Waals surface area (Å²) < 4.78 is 10.1. The zero-order chi connectivity index (χ0) is 12.0. The number of hydrogen-bond acceptors (Lipinski definition) is 5. The number of hydrogen-bond donors (Lipinski definition) is 1. The summed E-state index contributed by atoms with van der Waals surface area (Å²) in [5, 5.41) is 3.14. The lowest BCUT2D eigenvalue weighted by Gasteiger charge is -2.22. The molecule has 16 heavy (non-hydrogen) atoms. The van der Waals surface area contributed by atoms with Gasteiger partial charge in [-0.15, -0.1) is 0 Å². The van der Waals surface area contributed by atoms with E-state index >= 15 is 0 Å². The molecule has 0 spiro atoms. The van der Waals surface area contributed by atoms with Gasteiger partial charge in [0.05, 0.1) is 13.2 Å². The molecule has 0 saturated carbocycles. The summed E-state index contributed by atoms with van der Waals surface area (Å²) in [5.41, 5.74) is 0. The molecule has 2 atom stereocenters. The standard InChI is InChI=1S/C11H22N2O3/c1-4-12-10(11(14)16-3)8-13-6-5-9(7-13)15-2/h9-10,12H,4-8H2,1-3H3. The Morgan fingerprint density at radius 1 is 1.56 bits per heavy atom. The SMILES string of the molecule is CCNC(CN1CCC(OC)C1)C(=O)OC. The van der Waals surface area contributed by atoms with E-state index in [4.69, 9.17) is 9.47 Å². The van der Waals surface area contributed by atoms with Gasteiger partial charge in [0.1, 0.15) is 6.04 Å². The lowest BCUT2D eigenvalue weighted by atomic mass is 10.2. The first kappa shape index (κ1) is 13.4. The number of esters is 1. The molecule has 0 radical (unpaired) electrons. The van der Waals surface area contributed by atoms with Crippen molar-refractivity contribution in [2.45, 2.75) is 25.5 Å². The quantitative estimate of drug-likeness (QED) is 0.644. The molecular formula is C11H22N2O3. The molecule has 0 aromatic rings. The van der Waals surface area contributed by atoms with E-state index in [0.717, 1.165) is 26.1 Å². The van der Waals surface area contributed by atoms with E-state index < -0.39 is 0 Å². The largest absolute Gasteiger partial charge is 0.468 e. The maximum atomic E-state index is 11.5. The lowest BCUT2D eigenvalue weighted by Crippen LogP contribution is -2.46. The zero-order valence-corrected chi connectivity index (χ0v) is 10.4. The molecule has 1 saturated heterocycles. The molecule has 0 aliphatic carbocycles. The second-order valence-electron chi connectivity index (χ2n) is 4.04. The van der Waals surface area contributed by atoms with Gasteiger partial charge in [0.2, 0.25) is 0 Å². The number of nitrogens with zero attached hydrogens (tertiary/aromatic N) is 1. The Labute approximate surface area is 97.1 Å². The first-order valence-electron chi connectivity index (χ1n) is 5.77. The minimum atomic E-state index is -0.231. The third kappa shape index (κ3) is 3.73. The highest BCUT2D eigenvalue weighted by molar-refractivity contribution is 5.75.